The molecule has 0 saturated heterocycles. The summed E-state index contributed by atoms with van der Waals surface area (Å²) in [6.45, 7) is 6.48. The number of sulfonamides is 1. The fourth-order valence-electron chi connectivity index (χ4n) is 0.737. The molecule has 0 fully saturated rings. The second-order valence-electron chi connectivity index (χ2n) is 3.51. The molecule has 0 unspecified atom stereocenters. The monoisotopic (exact) mass is 207 g/mol. The van der Waals surface area contributed by atoms with Crippen molar-refractivity contribution in [3.63, 3.8) is 0 Å². The first kappa shape index (κ1) is 12.6. The van der Waals surface area contributed by atoms with Crippen LogP contribution in [0.25, 0.3) is 0 Å². The first-order chi connectivity index (χ1) is 5.78. The molecule has 0 saturated carbocycles. The molecule has 13 heavy (non-hydrogen) atoms. The summed E-state index contributed by atoms with van der Waals surface area (Å²) < 4.78 is 24.1. The van der Waals surface area contributed by atoms with E-state index in [1.807, 2.05) is 0 Å². The van der Waals surface area contributed by atoms with Crippen molar-refractivity contribution in [1.82, 2.24) is 4.31 Å². The van der Waals surface area contributed by atoms with Crippen molar-refractivity contribution in [2.75, 3.05) is 19.4 Å². The van der Waals surface area contributed by atoms with Crippen LogP contribution in [-0.4, -0.2) is 42.8 Å². The van der Waals surface area contributed by atoms with Crippen LogP contribution in [-0.2, 0) is 10.0 Å². The summed E-state index contributed by atoms with van der Waals surface area (Å²) >= 11 is 0. The zero-order valence-electron chi connectivity index (χ0n) is 8.32. The van der Waals surface area contributed by atoms with Gasteiger partial charge in [-0.2, -0.15) is 4.31 Å². The topological polar surface area (TPSA) is 57.6 Å². The number of aliphatic hydroxyl groups excluding tert-OH is 1. The van der Waals surface area contributed by atoms with Crippen molar-refractivity contribution in [2.24, 2.45) is 0 Å². The second-order valence-corrected chi connectivity index (χ2v) is 5.55. The Labute approximate surface area is 79.9 Å². The summed E-state index contributed by atoms with van der Waals surface area (Å²) in [4.78, 5) is 0. The predicted octanol–water partition coefficient (Wildman–Crippen LogP) is 0.205. The Morgan fingerprint density at radius 1 is 1.54 bits per heavy atom. The Morgan fingerprint density at radius 3 is 2.31 bits per heavy atom. The van der Waals surface area contributed by atoms with Crippen molar-refractivity contribution in [3.8, 4) is 0 Å². The zero-order chi connectivity index (χ0) is 10.7. The molecule has 0 spiro atoms. The van der Waals surface area contributed by atoms with Gasteiger partial charge in [-0.05, 0) is 13.8 Å². The van der Waals surface area contributed by atoms with Gasteiger partial charge in [0.2, 0.25) is 10.0 Å². The van der Waals surface area contributed by atoms with Gasteiger partial charge in [-0.1, -0.05) is 6.08 Å². The Morgan fingerprint density at radius 2 is 2.00 bits per heavy atom. The van der Waals surface area contributed by atoms with Crippen LogP contribution in [0.3, 0.4) is 0 Å². The van der Waals surface area contributed by atoms with E-state index < -0.39 is 15.6 Å². The molecule has 4 nitrogen and oxygen atoms in total. The second kappa shape index (κ2) is 4.21. The number of rotatable bonds is 5. The summed E-state index contributed by atoms with van der Waals surface area (Å²) in [7, 11) is -1.87. The molecule has 0 atom stereocenters. The molecule has 0 bridgehead atoms. The highest BCUT2D eigenvalue weighted by Gasteiger charge is 2.31. The third kappa shape index (κ3) is 3.10. The summed E-state index contributed by atoms with van der Waals surface area (Å²) in [5, 5.41) is 8.96. The molecule has 1 N–H and O–H groups in total. The standard InChI is InChI=1S/C8H17NO3S/c1-5-6-13(11,12)9(4)8(2,3)7-10/h5,10H,1,6-7H2,2-4H3. The van der Waals surface area contributed by atoms with Gasteiger partial charge in [-0.25, -0.2) is 8.42 Å². The van der Waals surface area contributed by atoms with Gasteiger partial charge in [0.15, 0.2) is 0 Å². The lowest BCUT2D eigenvalue weighted by molar-refractivity contribution is 0.138. The lowest BCUT2D eigenvalue weighted by atomic mass is 10.1. The lowest BCUT2D eigenvalue weighted by Gasteiger charge is -2.32. The molecule has 5 heteroatoms. The zero-order valence-corrected chi connectivity index (χ0v) is 9.13. The van der Waals surface area contributed by atoms with Gasteiger partial charge in [0.25, 0.3) is 0 Å². The SMILES string of the molecule is C=CCS(=O)(=O)N(C)C(C)(C)CO. The summed E-state index contributed by atoms with van der Waals surface area (Å²) in [6, 6.07) is 0. The maximum absolute atomic E-state index is 11.5. The van der Waals surface area contributed by atoms with Crippen LogP contribution in [0.15, 0.2) is 12.7 Å². The van der Waals surface area contributed by atoms with E-state index in [1.54, 1.807) is 13.8 Å². The highest BCUT2D eigenvalue weighted by molar-refractivity contribution is 7.89. The third-order valence-corrected chi connectivity index (χ3v) is 3.97. The van der Waals surface area contributed by atoms with Crippen LogP contribution in [0.2, 0.25) is 0 Å². The van der Waals surface area contributed by atoms with Gasteiger partial charge < -0.3 is 5.11 Å². The van der Waals surface area contributed by atoms with Crippen LogP contribution in [0, 0.1) is 0 Å². The summed E-state index contributed by atoms with van der Waals surface area (Å²) in [6.07, 6.45) is 1.33. The molecule has 0 aliphatic rings. The molecule has 0 amide bonds. The first-order valence-electron chi connectivity index (χ1n) is 3.96. The molecule has 0 heterocycles. The van der Waals surface area contributed by atoms with E-state index in [1.165, 1.54) is 17.4 Å². The number of hydrogen-bond acceptors (Lipinski definition) is 3. The normalized spacial score (nSPS) is 13.3. The van der Waals surface area contributed by atoms with Crippen molar-refractivity contribution in [2.45, 2.75) is 19.4 Å². The minimum atomic E-state index is -3.32. The van der Waals surface area contributed by atoms with Crippen LogP contribution in [0.5, 0.6) is 0 Å². The van der Waals surface area contributed by atoms with Gasteiger partial charge in [-0.15, -0.1) is 6.58 Å². The Kier molecular flexibility index (Phi) is 4.09. The van der Waals surface area contributed by atoms with E-state index in [2.05, 4.69) is 6.58 Å². The molecule has 78 valence electrons. The third-order valence-electron chi connectivity index (χ3n) is 1.99. The van der Waals surface area contributed by atoms with E-state index in [0.717, 1.165) is 0 Å². The average Bonchev–Trinajstić information content (AvgIpc) is 2.03. The molecule has 0 rings (SSSR count). The smallest absolute Gasteiger partial charge is 0.217 e. The summed E-state index contributed by atoms with van der Waals surface area (Å²) in [5.74, 6) is -0.104. The average molecular weight is 207 g/mol. The maximum atomic E-state index is 11.5. The van der Waals surface area contributed by atoms with E-state index in [4.69, 9.17) is 5.11 Å². The quantitative estimate of drug-likeness (QED) is 0.655. The number of likely N-dealkylation sites (N-methyl/N-ethyl adjacent to an activating group) is 1. The molecule has 0 radical (unpaired) electrons. The van der Waals surface area contributed by atoms with Crippen molar-refractivity contribution in [3.05, 3.63) is 12.7 Å². The minimum absolute atomic E-state index is 0.104. The fraction of sp³-hybridized carbons (Fsp3) is 0.750. The van der Waals surface area contributed by atoms with E-state index >= 15 is 0 Å². The van der Waals surface area contributed by atoms with Gasteiger partial charge in [0.1, 0.15) is 0 Å². The fourth-order valence-corrected chi connectivity index (χ4v) is 2.07. The van der Waals surface area contributed by atoms with Crippen LogP contribution >= 0.6 is 0 Å². The number of aliphatic hydroxyl groups is 1. The molecule has 0 aromatic carbocycles. The molecule has 0 aromatic heterocycles. The van der Waals surface area contributed by atoms with Gasteiger partial charge in [0.05, 0.1) is 17.9 Å². The van der Waals surface area contributed by atoms with Crippen LogP contribution in [0.4, 0.5) is 0 Å². The van der Waals surface area contributed by atoms with Gasteiger partial charge in [-0.3, -0.25) is 0 Å². The molecule has 0 aliphatic carbocycles. The van der Waals surface area contributed by atoms with Crippen LogP contribution < -0.4 is 0 Å². The highest BCUT2D eigenvalue weighted by atomic mass is 32.2. The molecular formula is C8H17NO3S. The van der Waals surface area contributed by atoms with Gasteiger partial charge in [0, 0.05) is 7.05 Å². The Bertz CT molecular complexity index is 269. The maximum Gasteiger partial charge on any atom is 0.217 e. The molecular weight excluding hydrogens is 190 g/mol. The van der Waals surface area contributed by atoms with Crippen molar-refractivity contribution in [1.29, 1.82) is 0 Å². The Balaban J connectivity index is 4.78. The molecule has 0 aliphatic heterocycles. The minimum Gasteiger partial charge on any atom is -0.394 e. The highest BCUT2D eigenvalue weighted by Crippen LogP contribution is 2.15. The predicted molar refractivity (Wildman–Crippen MR) is 52.9 cm³/mol. The first-order valence-corrected chi connectivity index (χ1v) is 5.57. The number of hydrogen-bond donors (Lipinski definition) is 1. The Hall–Kier alpha value is -0.390. The number of nitrogens with zero attached hydrogens (tertiary/aromatic N) is 1. The summed E-state index contributed by atoms with van der Waals surface area (Å²) in [5.41, 5.74) is -0.762. The lowest BCUT2D eigenvalue weighted by Crippen LogP contribution is -2.48. The van der Waals surface area contributed by atoms with Gasteiger partial charge >= 0.3 is 0 Å². The van der Waals surface area contributed by atoms with E-state index in [0.29, 0.717) is 0 Å². The van der Waals surface area contributed by atoms with Crippen molar-refractivity contribution >= 4 is 10.0 Å². The van der Waals surface area contributed by atoms with Crippen molar-refractivity contribution < 1.29 is 13.5 Å². The molecule has 0 aromatic rings. The largest absolute Gasteiger partial charge is 0.394 e. The van der Waals surface area contributed by atoms with Crippen LogP contribution in [0.1, 0.15) is 13.8 Å². The van der Waals surface area contributed by atoms with E-state index in [9.17, 15) is 8.42 Å². The van der Waals surface area contributed by atoms with E-state index in [-0.39, 0.29) is 12.4 Å².